The lowest BCUT2D eigenvalue weighted by Crippen LogP contribution is -2.05. The lowest BCUT2D eigenvalue weighted by Gasteiger charge is -2.09. The first-order chi connectivity index (χ1) is 14.0. The van der Waals surface area contributed by atoms with Crippen molar-refractivity contribution in [2.75, 3.05) is 14.2 Å². The quantitative estimate of drug-likeness (QED) is 0.301. The molecule has 148 valence electrons. The fourth-order valence-corrected chi connectivity index (χ4v) is 3.39. The molecule has 0 fully saturated rings. The second-order valence-electron chi connectivity index (χ2n) is 5.88. The highest BCUT2D eigenvalue weighted by atomic mass is 32.1. The number of benzene rings is 2. The molecule has 1 heterocycles. The van der Waals surface area contributed by atoms with E-state index in [1.54, 1.807) is 41.8 Å². The van der Waals surface area contributed by atoms with Crippen molar-refractivity contribution in [2.45, 2.75) is 0 Å². The number of esters is 1. The summed E-state index contributed by atoms with van der Waals surface area (Å²) in [7, 11) is 2.67. The molecule has 0 aliphatic carbocycles. The first-order valence-electron chi connectivity index (χ1n) is 8.53. The molecule has 7 heteroatoms. The zero-order valence-electron chi connectivity index (χ0n) is 15.7. The number of carbonyl (C=O) groups is 1. The van der Waals surface area contributed by atoms with E-state index in [9.17, 15) is 13.6 Å². The zero-order chi connectivity index (χ0) is 20.8. The van der Waals surface area contributed by atoms with Crippen LogP contribution in [0.15, 0.2) is 60.2 Å². The van der Waals surface area contributed by atoms with Crippen LogP contribution in [0, 0.1) is 5.82 Å². The monoisotopic (exact) mass is 413 g/mol. The molecule has 0 amide bonds. The molecule has 4 nitrogen and oxygen atoms in total. The summed E-state index contributed by atoms with van der Waals surface area (Å²) in [5.74, 6) is -1.50. The molecule has 0 aliphatic heterocycles. The van der Waals surface area contributed by atoms with Gasteiger partial charge in [-0.2, -0.15) is 0 Å². The summed E-state index contributed by atoms with van der Waals surface area (Å²) in [4.78, 5) is 16.4. The highest BCUT2D eigenvalue weighted by Crippen LogP contribution is 2.30. The fraction of sp³-hybridized carbons (Fsp3) is 0.0909. The minimum atomic E-state index is -0.596. The summed E-state index contributed by atoms with van der Waals surface area (Å²) < 4.78 is 37.8. The van der Waals surface area contributed by atoms with Gasteiger partial charge in [0.1, 0.15) is 11.4 Å². The van der Waals surface area contributed by atoms with Gasteiger partial charge in [-0.1, -0.05) is 24.3 Å². The number of aromatic nitrogens is 1. The number of carbonyl (C=O) groups excluding carboxylic acids is 1. The molecule has 0 spiro atoms. The Hall–Kier alpha value is -3.32. The molecule has 1 aromatic heterocycles. The van der Waals surface area contributed by atoms with Crippen LogP contribution in [0.4, 0.5) is 8.78 Å². The Morgan fingerprint density at radius 1 is 1.10 bits per heavy atom. The number of hydrogen-bond acceptors (Lipinski definition) is 5. The van der Waals surface area contributed by atoms with Gasteiger partial charge in [-0.25, -0.2) is 18.6 Å². The Labute approximate surface area is 170 Å². The van der Waals surface area contributed by atoms with Crippen LogP contribution in [0.25, 0.3) is 28.7 Å². The minimum Gasteiger partial charge on any atom is -0.503 e. The summed E-state index contributed by atoms with van der Waals surface area (Å²) in [5, 5.41) is 1.88. The topological polar surface area (TPSA) is 48.4 Å². The van der Waals surface area contributed by atoms with Gasteiger partial charge in [0.15, 0.2) is 10.8 Å². The van der Waals surface area contributed by atoms with Gasteiger partial charge in [0.05, 0.1) is 26.2 Å². The summed E-state index contributed by atoms with van der Waals surface area (Å²) in [6.45, 7) is 0. The Kier molecular flexibility index (Phi) is 6.51. The van der Waals surface area contributed by atoms with E-state index in [-0.39, 0.29) is 16.4 Å². The van der Waals surface area contributed by atoms with Crippen LogP contribution in [0.3, 0.4) is 0 Å². The molecule has 0 radical (unpaired) electrons. The Balaban J connectivity index is 1.96. The van der Waals surface area contributed by atoms with E-state index in [0.29, 0.717) is 22.4 Å². The van der Waals surface area contributed by atoms with Crippen molar-refractivity contribution < 1.29 is 23.0 Å². The van der Waals surface area contributed by atoms with E-state index >= 15 is 0 Å². The van der Waals surface area contributed by atoms with Crippen molar-refractivity contribution >= 4 is 34.8 Å². The molecule has 0 N–H and O–H groups in total. The van der Waals surface area contributed by atoms with Crippen LogP contribution in [0.1, 0.15) is 16.1 Å². The average molecular weight is 413 g/mol. The maximum Gasteiger partial charge on any atom is 0.341 e. The molecular formula is C22H17F2NO3S. The minimum absolute atomic E-state index is 0.167. The molecular weight excluding hydrogens is 396 g/mol. The van der Waals surface area contributed by atoms with Crippen LogP contribution in [-0.4, -0.2) is 25.2 Å². The molecule has 3 aromatic rings. The van der Waals surface area contributed by atoms with E-state index in [1.165, 1.54) is 38.7 Å². The highest BCUT2D eigenvalue weighted by molar-refractivity contribution is 7.11. The van der Waals surface area contributed by atoms with Crippen LogP contribution in [-0.2, 0) is 14.3 Å². The second-order valence-corrected chi connectivity index (χ2v) is 6.74. The van der Waals surface area contributed by atoms with Gasteiger partial charge in [0.25, 0.3) is 0 Å². The van der Waals surface area contributed by atoms with Crippen molar-refractivity contribution in [3.8, 4) is 11.3 Å². The SMILES string of the molecule is CO/C=C(\C(=O)OC)c1ccccc1/C=C(/F)c1nc(-c2ccc(F)cc2)cs1. The molecule has 2 aromatic carbocycles. The van der Waals surface area contributed by atoms with Gasteiger partial charge in [-0.05, 0) is 41.5 Å². The van der Waals surface area contributed by atoms with E-state index in [0.717, 1.165) is 11.3 Å². The summed E-state index contributed by atoms with van der Waals surface area (Å²) in [5.41, 5.74) is 2.35. The number of rotatable bonds is 6. The van der Waals surface area contributed by atoms with Crippen LogP contribution in [0.2, 0.25) is 0 Å². The molecule has 0 saturated carbocycles. The third kappa shape index (κ3) is 4.75. The fourth-order valence-electron chi connectivity index (χ4n) is 2.65. The second kappa shape index (κ2) is 9.25. The number of hydrogen-bond donors (Lipinski definition) is 0. The summed E-state index contributed by atoms with van der Waals surface area (Å²) in [6, 6.07) is 12.6. The maximum atomic E-state index is 14.9. The van der Waals surface area contributed by atoms with Gasteiger partial charge in [0.2, 0.25) is 0 Å². The third-order valence-electron chi connectivity index (χ3n) is 4.02. The molecule has 0 aliphatic rings. The van der Waals surface area contributed by atoms with E-state index < -0.39 is 11.8 Å². The molecule has 0 atom stereocenters. The number of ether oxygens (including phenoxy) is 2. The van der Waals surface area contributed by atoms with E-state index in [4.69, 9.17) is 9.47 Å². The van der Waals surface area contributed by atoms with Gasteiger partial charge in [-0.3, -0.25) is 0 Å². The maximum absolute atomic E-state index is 14.9. The largest absolute Gasteiger partial charge is 0.503 e. The van der Waals surface area contributed by atoms with Crippen LogP contribution in [0.5, 0.6) is 0 Å². The predicted molar refractivity (Wildman–Crippen MR) is 110 cm³/mol. The molecule has 3 rings (SSSR count). The van der Waals surface area contributed by atoms with E-state index in [1.807, 2.05) is 0 Å². The Bertz CT molecular complexity index is 1070. The number of thiazole rings is 1. The predicted octanol–water partition coefficient (Wildman–Crippen LogP) is 5.58. The molecule has 0 bridgehead atoms. The highest BCUT2D eigenvalue weighted by Gasteiger charge is 2.17. The summed E-state index contributed by atoms with van der Waals surface area (Å²) >= 11 is 1.13. The van der Waals surface area contributed by atoms with Crippen molar-refractivity contribution in [2.24, 2.45) is 0 Å². The van der Waals surface area contributed by atoms with Crippen LogP contribution < -0.4 is 0 Å². The van der Waals surface area contributed by atoms with Gasteiger partial charge in [0, 0.05) is 10.9 Å². The lowest BCUT2D eigenvalue weighted by molar-refractivity contribution is -0.133. The van der Waals surface area contributed by atoms with Gasteiger partial charge >= 0.3 is 5.97 Å². The van der Waals surface area contributed by atoms with Crippen molar-refractivity contribution in [3.63, 3.8) is 0 Å². The average Bonchev–Trinajstić information content (AvgIpc) is 3.23. The molecule has 0 unspecified atom stereocenters. The van der Waals surface area contributed by atoms with Crippen molar-refractivity contribution in [1.29, 1.82) is 0 Å². The summed E-state index contributed by atoms with van der Waals surface area (Å²) in [6.07, 6.45) is 2.56. The Morgan fingerprint density at radius 2 is 1.83 bits per heavy atom. The zero-order valence-corrected chi connectivity index (χ0v) is 16.5. The first-order valence-corrected chi connectivity index (χ1v) is 9.41. The standard InChI is InChI=1S/C22H17F2NO3S/c1-27-12-18(22(26)28-2)17-6-4-3-5-15(17)11-19(24)21-25-20(13-29-21)14-7-9-16(23)10-8-14/h3-13H,1-2H3/b18-12-,19-11+. The first kappa shape index (κ1) is 20.4. The molecule has 0 saturated heterocycles. The molecule has 29 heavy (non-hydrogen) atoms. The number of halogens is 2. The van der Waals surface area contributed by atoms with E-state index in [2.05, 4.69) is 4.98 Å². The van der Waals surface area contributed by atoms with Crippen LogP contribution >= 0.6 is 11.3 Å². The smallest absolute Gasteiger partial charge is 0.341 e. The number of nitrogens with zero attached hydrogens (tertiary/aromatic N) is 1. The third-order valence-corrected chi connectivity index (χ3v) is 4.87. The lowest BCUT2D eigenvalue weighted by atomic mass is 10.00. The van der Waals surface area contributed by atoms with Crippen molar-refractivity contribution in [3.05, 3.63) is 82.1 Å². The Morgan fingerprint density at radius 3 is 2.52 bits per heavy atom. The number of methoxy groups -OCH3 is 2. The van der Waals surface area contributed by atoms with Crippen molar-refractivity contribution in [1.82, 2.24) is 4.98 Å². The van der Waals surface area contributed by atoms with Gasteiger partial charge in [-0.15, -0.1) is 11.3 Å². The normalized spacial score (nSPS) is 12.0. The van der Waals surface area contributed by atoms with Gasteiger partial charge < -0.3 is 9.47 Å².